The highest BCUT2D eigenvalue weighted by Crippen LogP contribution is 2.35. The predicted molar refractivity (Wildman–Crippen MR) is 123 cm³/mol. The van der Waals surface area contributed by atoms with Crippen LogP contribution in [0.15, 0.2) is 59.2 Å². The Morgan fingerprint density at radius 1 is 1.16 bits per heavy atom. The molecule has 0 spiro atoms. The van der Waals surface area contributed by atoms with E-state index >= 15 is 0 Å². The first-order chi connectivity index (χ1) is 15.0. The largest absolute Gasteiger partial charge is 0.497 e. The van der Waals surface area contributed by atoms with Crippen LogP contribution < -0.4 is 9.64 Å². The van der Waals surface area contributed by atoms with Gasteiger partial charge in [-0.15, -0.1) is 0 Å². The number of ether oxygens (including phenoxy) is 1. The Hall–Kier alpha value is -2.93. The molecule has 0 amide bonds. The number of carboxylic acid groups (broad SMARTS) is 1. The number of rotatable bonds is 7. The minimum Gasteiger partial charge on any atom is -0.497 e. The van der Waals surface area contributed by atoms with Crippen molar-refractivity contribution in [3.8, 4) is 5.75 Å². The second kappa shape index (κ2) is 9.47. The Morgan fingerprint density at radius 2 is 1.90 bits per heavy atom. The third-order valence-corrected chi connectivity index (χ3v) is 6.19. The number of hydrogen-bond donors (Lipinski definition) is 1. The molecule has 160 valence electrons. The van der Waals surface area contributed by atoms with Gasteiger partial charge in [0.1, 0.15) is 5.75 Å². The van der Waals surface area contributed by atoms with E-state index in [0.29, 0.717) is 24.5 Å². The van der Waals surface area contributed by atoms with Crippen LogP contribution in [-0.4, -0.2) is 34.7 Å². The molecule has 3 aromatic rings. The average molecular weight is 482 g/mol. The third kappa shape index (κ3) is 4.88. The zero-order valence-electron chi connectivity index (χ0n) is 17.3. The Morgan fingerprint density at radius 3 is 2.58 bits per heavy atom. The van der Waals surface area contributed by atoms with Crippen molar-refractivity contribution in [1.82, 2.24) is 9.97 Å². The van der Waals surface area contributed by atoms with Crippen molar-refractivity contribution < 1.29 is 14.6 Å². The first-order valence-electron chi connectivity index (χ1n) is 10.3. The predicted octanol–water partition coefficient (Wildman–Crippen LogP) is 5.07. The minimum absolute atomic E-state index is 0.164. The van der Waals surface area contributed by atoms with Gasteiger partial charge < -0.3 is 14.7 Å². The summed E-state index contributed by atoms with van der Waals surface area (Å²) in [5, 5.41) is 9.63. The monoisotopic (exact) mass is 481 g/mol. The Bertz CT molecular complexity index is 1050. The first kappa shape index (κ1) is 21.3. The summed E-state index contributed by atoms with van der Waals surface area (Å²) in [4.78, 5) is 23.1. The molecule has 1 saturated heterocycles. The maximum atomic E-state index is 11.8. The number of nitrogens with zero attached hydrogens (tertiary/aromatic N) is 3. The molecule has 7 heteroatoms. The second-order valence-corrected chi connectivity index (χ2v) is 8.50. The van der Waals surface area contributed by atoms with Gasteiger partial charge in [0, 0.05) is 17.2 Å². The maximum Gasteiger partial charge on any atom is 0.339 e. The Balaban J connectivity index is 1.58. The maximum absolute atomic E-state index is 11.8. The lowest BCUT2D eigenvalue weighted by molar-refractivity contribution is 0.0694. The van der Waals surface area contributed by atoms with E-state index in [-0.39, 0.29) is 11.6 Å². The van der Waals surface area contributed by atoms with E-state index in [9.17, 15) is 9.90 Å². The highest BCUT2D eigenvalue weighted by Gasteiger charge is 2.29. The number of carbonyl (C=O) groups is 1. The lowest BCUT2D eigenvalue weighted by Crippen LogP contribution is -2.25. The summed E-state index contributed by atoms with van der Waals surface area (Å²) in [6.45, 7) is 0.852. The molecule has 2 heterocycles. The fourth-order valence-electron chi connectivity index (χ4n) is 4.01. The number of benzene rings is 2. The van der Waals surface area contributed by atoms with Crippen LogP contribution in [0, 0.1) is 0 Å². The summed E-state index contributed by atoms with van der Waals surface area (Å²) in [5.74, 6) is 0.398. The van der Waals surface area contributed by atoms with Gasteiger partial charge in [0.2, 0.25) is 5.95 Å². The van der Waals surface area contributed by atoms with Crippen LogP contribution in [-0.2, 0) is 12.8 Å². The summed E-state index contributed by atoms with van der Waals surface area (Å²) >= 11 is 3.49. The average Bonchev–Trinajstić information content (AvgIpc) is 3.28. The van der Waals surface area contributed by atoms with Gasteiger partial charge in [-0.05, 0) is 61.1 Å². The summed E-state index contributed by atoms with van der Waals surface area (Å²) in [6.07, 6.45) is 4.74. The number of hydrogen-bond acceptors (Lipinski definition) is 5. The Labute approximate surface area is 190 Å². The summed E-state index contributed by atoms with van der Waals surface area (Å²) in [6, 6.07) is 16.3. The highest BCUT2D eigenvalue weighted by molar-refractivity contribution is 9.10. The quantitative estimate of drug-likeness (QED) is 0.507. The Kier molecular flexibility index (Phi) is 6.51. The van der Waals surface area contributed by atoms with Gasteiger partial charge in [-0.25, -0.2) is 14.8 Å². The molecule has 6 nitrogen and oxygen atoms in total. The molecule has 0 unspecified atom stereocenters. The molecule has 0 saturated carbocycles. The van der Waals surface area contributed by atoms with Gasteiger partial charge in [0.15, 0.2) is 0 Å². The molecule has 1 aromatic heterocycles. The molecular weight excluding hydrogens is 458 g/mol. The van der Waals surface area contributed by atoms with Crippen molar-refractivity contribution in [3.63, 3.8) is 0 Å². The van der Waals surface area contributed by atoms with E-state index in [1.807, 2.05) is 36.4 Å². The molecule has 0 bridgehead atoms. The summed E-state index contributed by atoms with van der Waals surface area (Å²) < 4.78 is 6.25. The zero-order valence-corrected chi connectivity index (χ0v) is 18.9. The van der Waals surface area contributed by atoms with Gasteiger partial charge >= 0.3 is 5.97 Å². The van der Waals surface area contributed by atoms with Crippen molar-refractivity contribution in [2.45, 2.75) is 31.7 Å². The van der Waals surface area contributed by atoms with E-state index in [0.717, 1.165) is 35.2 Å². The number of anilines is 1. The van der Waals surface area contributed by atoms with Crippen LogP contribution in [0.3, 0.4) is 0 Å². The summed E-state index contributed by atoms with van der Waals surface area (Å²) in [5.41, 5.74) is 3.05. The normalized spacial score (nSPS) is 15.8. The highest BCUT2D eigenvalue weighted by atomic mass is 79.9. The molecule has 0 aliphatic carbocycles. The molecule has 1 fully saturated rings. The number of aryl methyl sites for hydroxylation is 2. The van der Waals surface area contributed by atoms with Gasteiger partial charge in [-0.1, -0.05) is 40.2 Å². The number of aromatic carboxylic acids is 1. The van der Waals surface area contributed by atoms with E-state index in [1.165, 1.54) is 11.8 Å². The van der Waals surface area contributed by atoms with Crippen molar-refractivity contribution in [2.24, 2.45) is 0 Å². The lowest BCUT2D eigenvalue weighted by Gasteiger charge is -2.25. The molecule has 1 N–H and O–H groups in total. The van der Waals surface area contributed by atoms with E-state index in [4.69, 9.17) is 9.72 Å². The van der Waals surface area contributed by atoms with Crippen LogP contribution >= 0.6 is 15.9 Å². The van der Waals surface area contributed by atoms with E-state index in [2.05, 4.69) is 37.9 Å². The van der Waals surface area contributed by atoms with Gasteiger partial charge in [-0.2, -0.15) is 0 Å². The number of aromatic nitrogens is 2. The van der Waals surface area contributed by atoms with E-state index in [1.54, 1.807) is 7.11 Å². The SMILES string of the molecule is COc1ccc(CCc2nc(N3CCC[C@H]3c3ccc(Br)cc3)ncc2C(=O)O)cc1. The third-order valence-electron chi connectivity index (χ3n) is 5.66. The topological polar surface area (TPSA) is 75.5 Å². The molecule has 1 aliphatic rings. The summed E-state index contributed by atoms with van der Waals surface area (Å²) in [7, 11) is 1.64. The van der Waals surface area contributed by atoms with Gasteiger partial charge in [0.05, 0.1) is 24.4 Å². The molecule has 0 radical (unpaired) electrons. The fraction of sp³-hybridized carbons (Fsp3) is 0.292. The first-order valence-corrected chi connectivity index (χ1v) is 11.1. The van der Waals surface area contributed by atoms with Gasteiger partial charge in [-0.3, -0.25) is 0 Å². The number of methoxy groups -OCH3 is 1. The molecule has 1 aliphatic heterocycles. The molecular formula is C24H24BrN3O3. The van der Waals surface area contributed by atoms with Crippen LogP contribution in [0.25, 0.3) is 0 Å². The van der Waals surface area contributed by atoms with Crippen molar-refractivity contribution in [2.75, 3.05) is 18.6 Å². The van der Waals surface area contributed by atoms with Crippen LogP contribution in [0.5, 0.6) is 5.75 Å². The minimum atomic E-state index is -0.998. The van der Waals surface area contributed by atoms with Crippen LogP contribution in [0.4, 0.5) is 5.95 Å². The number of halogens is 1. The van der Waals surface area contributed by atoms with E-state index < -0.39 is 5.97 Å². The molecule has 4 rings (SSSR count). The van der Waals surface area contributed by atoms with Crippen LogP contribution in [0.1, 0.15) is 46.1 Å². The zero-order chi connectivity index (χ0) is 21.8. The fourth-order valence-corrected chi connectivity index (χ4v) is 4.27. The number of carboxylic acids is 1. The lowest BCUT2D eigenvalue weighted by atomic mass is 10.0. The second-order valence-electron chi connectivity index (χ2n) is 7.59. The van der Waals surface area contributed by atoms with Crippen molar-refractivity contribution in [1.29, 1.82) is 0 Å². The molecule has 31 heavy (non-hydrogen) atoms. The molecule has 2 aromatic carbocycles. The van der Waals surface area contributed by atoms with Crippen molar-refractivity contribution >= 4 is 27.8 Å². The van der Waals surface area contributed by atoms with Crippen LogP contribution in [0.2, 0.25) is 0 Å². The van der Waals surface area contributed by atoms with Gasteiger partial charge in [0.25, 0.3) is 0 Å². The smallest absolute Gasteiger partial charge is 0.339 e. The van der Waals surface area contributed by atoms with Crippen molar-refractivity contribution in [3.05, 3.63) is 81.6 Å². The standard InChI is InChI=1S/C24H24BrN3O3/c1-31-19-11-4-16(5-12-19)6-13-21-20(23(29)30)15-26-24(27-21)28-14-2-3-22(28)17-7-9-18(25)10-8-17/h4-5,7-12,15,22H,2-3,6,13-14H2,1H3,(H,29,30)/t22-/m0/s1. The molecule has 1 atom stereocenters.